The number of hydrogen-bond donors (Lipinski definition) is 1. The average molecular weight is 233 g/mol. The molecule has 1 rings (SSSR count). The van der Waals surface area contributed by atoms with Crippen molar-refractivity contribution in [1.29, 1.82) is 5.26 Å². The van der Waals surface area contributed by atoms with E-state index in [4.69, 9.17) is 15.1 Å². The minimum absolute atomic E-state index is 0.129. The molecule has 0 aliphatic rings. The molecule has 1 unspecified atom stereocenters. The SMILES string of the molecule is COc1ccc(C)cc1CC(C)(C#N)C(=O)O. The van der Waals surface area contributed by atoms with Gasteiger partial charge in [0.2, 0.25) is 0 Å². The van der Waals surface area contributed by atoms with E-state index >= 15 is 0 Å². The van der Waals surface area contributed by atoms with E-state index in [1.807, 2.05) is 25.1 Å². The van der Waals surface area contributed by atoms with Gasteiger partial charge in [-0.3, -0.25) is 4.79 Å². The number of nitriles is 1. The van der Waals surface area contributed by atoms with Crippen molar-refractivity contribution in [3.05, 3.63) is 29.3 Å². The third-order valence-electron chi connectivity index (χ3n) is 2.70. The average Bonchev–Trinajstić information content (AvgIpc) is 2.29. The predicted molar refractivity (Wildman–Crippen MR) is 62.8 cm³/mol. The summed E-state index contributed by atoms with van der Waals surface area (Å²) in [5, 5.41) is 18.0. The van der Waals surface area contributed by atoms with Gasteiger partial charge in [0.15, 0.2) is 5.41 Å². The van der Waals surface area contributed by atoms with Crippen molar-refractivity contribution in [3.63, 3.8) is 0 Å². The van der Waals surface area contributed by atoms with Crippen LogP contribution in [0.15, 0.2) is 18.2 Å². The molecule has 17 heavy (non-hydrogen) atoms. The Bertz CT molecular complexity index is 476. The molecular weight excluding hydrogens is 218 g/mol. The van der Waals surface area contributed by atoms with Gasteiger partial charge in [-0.2, -0.15) is 5.26 Å². The molecule has 0 saturated carbocycles. The molecule has 0 radical (unpaired) electrons. The van der Waals surface area contributed by atoms with E-state index in [-0.39, 0.29) is 6.42 Å². The fraction of sp³-hybridized carbons (Fsp3) is 0.385. The molecule has 0 saturated heterocycles. The molecule has 0 spiro atoms. The number of ether oxygens (including phenoxy) is 1. The molecule has 0 amide bonds. The standard InChI is InChI=1S/C13H15NO3/c1-9-4-5-11(17-3)10(6-9)7-13(2,8-14)12(15)16/h4-6H,7H2,1-3H3,(H,15,16). The first-order chi connectivity index (χ1) is 7.92. The van der Waals surface area contributed by atoms with Crippen LogP contribution < -0.4 is 4.74 Å². The van der Waals surface area contributed by atoms with E-state index in [1.54, 1.807) is 6.07 Å². The van der Waals surface area contributed by atoms with Crippen LogP contribution in [0.25, 0.3) is 0 Å². The zero-order chi connectivity index (χ0) is 13.1. The number of rotatable bonds is 4. The Hall–Kier alpha value is -2.02. The quantitative estimate of drug-likeness (QED) is 0.865. The Morgan fingerprint density at radius 3 is 2.71 bits per heavy atom. The van der Waals surface area contributed by atoms with Gasteiger partial charge in [0.05, 0.1) is 13.2 Å². The van der Waals surface area contributed by atoms with Gasteiger partial charge >= 0.3 is 5.97 Å². The van der Waals surface area contributed by atoms with Crippen LogP contribution in [0.5, 0.6) is 5.75 Å². The van der Waals surface area contributed by atoms with Crippen LogP contribution in [-0.4, -0.2) is 18.2 Å². The zero-order valence-electron chi connectivity index (χ0n) is 10.2. The minimum Gasteiger partial charge on any atom is -0.496 e. The van der Waals surface area contributed by atoms with E-state index < -0.39 is 11.4 Å². The smallest absolute Gasteiger partial charge is 0.324 e. The second-order valence-corrected chi connectivity index (χ2v) is 4.24. The Kier molecular flexibility index (Phi) is 3.74. The number of carboxylic acid groups (broad SMARTS) is 1. The van der Waals surface area contributed by atoms with E-state index in [0.717, 1.165) is 11.1 Å². The van der Waals surface area contributed by atoms with Crippen LogP contribution in [-0.2, 0) is 11.2 Å². The van der Waals surface area contributed by atoms with E-state index in [1.165, 1.54) is 14.0 Å². The van der Waals surface area contributed by atoms with Crippen molar-refractivity contribution in [2.45, 2.75) is 20.3 Å². The molecule has 0 aliphatic heterocycles. The number of aryl methyl sites for hydroxylation is 1. The third kappa shape index (κ3) is 2.76. The molecule has 1 N–H and O–H groups in total. The number of hydrogen-bond acceptors (Lipinski definition) is 3. The Morgan fingerprint density at radius 1 is 1.59 bits per heavy atom. The highest BCUT2D eigenvalue weighted by Gasteiger charge is 2.34. The normalized spacial score (nSPS) is 13.5. The summed E-state index contributed by atoms with van der Waals surface area (Å²) in [6, 6.07) is 7.35. The van der Waals surface area contributed by atoms with E-state index in [2.05, 4.69) is 0 Å². The highest BCUT2D eigenvalue weighted by Crippen LogP contribution is 2.28. The summed E-state index contributed by atoms with van der Waals surface area (Å²) in [4.78, 5) is 11.1. The Morgan fingerprint density at radius 2 is 2.24 bits per heavy atom. The van der Waals surface area contributed by atoms with Crippen LogP contribution in [0, 0.1) is 23.7 Å². The summed E-state index contributed by atoms with van der Waals surface area (Å²) in [5.74, 6) is -0.512. The summed E-state index contributed by atoms with van der Waals surface area (Å²) < 4.78 is 5.17. The van der Waals surface area contributed by atoms with Crippen LogP contribution in [0.4, 0.5) is 0 Å². The molecule has 0 aliphatic carbocycles. The van der Waals surface area contributed by atoms with Gasteiger partial charge in [0.25, 0.3) is 0 Å². The summed E-state index contributed by atoms with van der Waals surface area (Å²) in [6.07, 6.45) is 0.129. The summed E-state index contributed by atoms with van der Waals surface area (Å²) in [7, 11) is 1.53. The van der Waals surface area contributed by atoms with Crippen LogP contribution in [0.1, 0.15) is 18.1 Å². The Balaban J connectivity index is 3.14. The monoisotopic (exact) mass is 233 g/mol. The maximum atomic E-state index is 11.1. The molecule has 4 nitrogen and oxygen atoms in total. The predicted octanol–water partition coefficient (Wildman–Crippen LogP) is 2.16. The lowest BCUT2D eigenvalue weighted by Gasteiger charge is -2.18. The number of nitrogens with zero attached hydrogens (tertiary/aromatic N) is 1. The van der Waals surface area contributed by atoms with Gasteiger partial charge in [-0.15, -0.1) is 0 Å². The van der Waals surface area contributed by atoms with Gasteiger partial charge < -0.3 is 9.84 Å². The lowest BCUT2D eigenvalue weighted by atomic mass is 9.84. The highest BCUT2D eigenvalue weighted by molar-refractivity contribution is 5.78. The molecule has 4 heteroatoms. The first-order valence-electron chi connectivity index (χ1n) is 5.21. The zero-order valence-corrected chi connectivity index (χ0v) is 10.2. The fourth-order valence-electron chi connectivity index (χ4n) is 1.59. The molecular formula is C13H15NO3. The second kappa shape index (κ2) is 4.88. The first kappa shape index (κ1) is 13.0. The molecule has 90 valence electrons. The van der Waals surface area contributed by atoms with Gasteiger partial charge in [-0.25, -0.2) is 0 Å². The minimum atomic E-state index is -1.43. The van der Waals surface area contributed by atoms with Gasteiger partial charge in [-0.05, 0) is 25.5 Å². The van der Waals surface area contributed by atoms with E-state index in [9.17, 15) is 4.79 Å². The van der Waals surface area contributed by atoms with Crippen molar-refractivity contribution < 1.29 is 14.6 Å². The second-order valence-electron chi connectivity index (χ2n) is 4.24. The van der Waals surface area contributed by atoms with Gasteiger partial charge in [0.1, 0.15) is 5.75 Å². The topological polar surface area (TPSA) is 70.3 Å². The maximum Gasteiger partial charge on any atom is 0.324 e. The van der Waals surface area contributed by atoms with Gasteiger partial charge in [0, 0.05) is 6.42 Å². The summed E-state index contributed by atoms with van der Waals surface area (Å²) in [5.41, 5.74) is 0.312. The van der Waals surface area contributed by atoms with E-state index in [0.29, 0.717) is 5.75 Å². The molecule has 0 aromatic heterocycles. The maximum absolute atomic E-state index is 11.1. The summed E-state index contributed by atoms with van der Waals surface area (Å²) >= 11 is 0. The summed E-state index contributed by atoms with van der Waals surface area (Å²) in [6.45, 7) is 3.32. The Labute approximate surface area is 100 Å². The van der Waals surface area contributed by atoms with Crippen molar-refractivity contribution in [1.82, 2.24) is 0 Å². The molecule has 1 aromatic rings. The number of aliphatic carboxylic acids is 1. The largest absolute Gasteiger partial charge is 0.496 e. The molecule has 1 atom stereocenters. The van der Waals surface area contributed by atoms with Crippen molar-refractivity contribution in [3.8, 4) is 11.8 Å². The molecule has 0 fully saturated rings. The lowest BCUT2D eigenvalue weighted by molar-refractivity contribution is -0.144. The van der Waals surface area contributed by atoms with Crippen LogP contribution >= 0.6 is 0 Å². The number of carbonyl (C=O) groups is 1. The van der Waals surface area contributed by atoms with Crippen molar-refractivity contribution in [2.75, 3.05) is 7.11 Å². The van der Waals surface area contributed by atoms with Crippen molar-refractivity contribution >= 4 is 5.97 Å². The number of carboxylic acids is 1. The fourth-order valence-corrected chi connectivity index (χ4v) is 1.59. The van der Waals surface area contributed by atoms with Crippen LogP contribution in [0.2, 0.25) is 0 Å². The molecule has 1 aromatic carbocycles. The van der Waals surface area contributed by atoms with Crippen molar-refractivity contribution in [2.24, 2.45) is 5.41 Å². The number of benzene rings is 1. The van der Waals surface area contributed by atoms with Gasteiger partial charge in [-0.1, -0.05) is 17.7 Å². The third-order valence-corrected chi connectivity index (χ3v) is 2.70. The van der Waals surface area contributed by atoms with Crippen LogP contribution in [0.3, 0.4) is 0 Å². The highest BCUT2D eigenvalue weighted by atomic mass is 16.5. The lowest BCUT2D eigenvalue weighted by Crippen LogP contribution is -2.28. The molecule has 0 heterocycles. The molecule has 0 bridgehead atoms. The first-order valence-corrected chi connectivity index (χ1v) is 5.21. The number of methoxy groups -OCH3 is 1.